The van der Waals surface area contributed by atoms with Crippen molar-refractivity contribution in [3.05, 3.63) is 52.7 Å². The summed E-state index contributed by atoms with van der Waals surface area (Å²) in [6, 6.07) is 9.48. The van der Waals surface area contributed by atoms with Crippen molar-refractivity contribution >= 4 is 11.6 Å². The molecule has 1 aromatic heterocycles. The van der Waals surface area contributed by atoms with Gasteiger partial charge in [-0.2, -0.15) is 0 Å². The van der Waals surface area contributed by atoms with Crippen molar-refractivity contribution in [3.8, 4) is 11.6 Å². The highest BCUT2D eigenvalue weighted by atomic mass is 35.5. The molecule has 3 nitrogen and oxygen atoms in total. The van der Waals surface area contributed by atoms with Gasteiger partial charge in [-0.1, -0.05) is 23.7 Å². The molecule has 1 aromatic carbocycles. The van der Waals surface area contributed by atoms with Crippen LogP contribution in [-0.2, 0) is 6.42 Å². The molecular weight excluding hydrogens is 248 g/mol. The molecule has 0 radical (unpaired) electrons. The second-order valence-electron chi connectivity index (χ2n) is 4.04. The lowest BCUT2D eigenvalue weighted by Gasteiger charge is -2.10. The summed E-state index contributed by atoms with van der Waals surface area (Å²) >= 11 is 6.10. The molecule has 0 aliphatic rings. The van der Waals surface area contributed by atoms with Gasteiger partial charge in [0.2, 0.25) is 5.88 Å². The van der Waals surface area contributed by atoms with Crippen molar-refractivity contribution in [3.63, 3.8) is 0 Å². The first-order chi connectivity index (χ1) is 8.70. The molecular formula is C14H15ClN2O. The van der Waals surface area contributed by atoms with E-state index < -0.39 is 0 Å². The maximum absolute atomic E-state index is 6.10. The fourth-order valence-electron chi connectivity index (χ4n) is 1.65. The van der Waals surface area contributed by atoms with Crippen LogP contribution in [0.4, 0.5) is 0 Å². The van der Waals surface area contributed by atoms with E-state index in [0.29, 0.717) is 23.2 Å². The van der Waals surface area contributed by atoms with Gasteiger partial charge in [0, 0.05) is 11.8 Å². The van der Waals surface area contributed by atoms with Crippen LogP contribution in [0.2, 0.25) is 5.02 Å². The van der Waals surface area contributed by atoms with E-state index in [4.69, 9.17) is 22.1 Å². The molecule has 1 heterocycles. The van der Waals surface area contributed by atoms with Crippen LogP contribution in [0.5, 0.6) is 11.6 Å². The van der Waals surface area contributed by atoms with Gasteiger partial charge in [0.05, 0.1) is 5.02 Å². The van der Waals surface area contributed by atoms with E-state index in [1.54, 1.807) is 6.20 Å². The van der Waals surface area contributed by atoms with E-state index in [1.165, 1.54) is 0 Å². The lowest BCUT2D eigenvalue weighted by Crippen LogP contribution is -2.04. The van der Waals surface area contributed by atoms with Crippen molar-refractivity contribution in [2.45, 2.75) is 13.3 Å². The van der Waals surface area contributed by atoms with E-state index in [1.807, 2.05) is 37.3 Å². The number of nitrogens with two attached hydrogens (primary N) is 1. The molecule has 0 amide bonds. The van der Waals surface area contributed by atoms with Crippen molar-refractivity contribution < 1.29 is 4.74 Å². The number of aromatic nitrogens is 1. The summed E-state index contributed by atoms with van der Waals surface area (Å²) in [5, 5.41) is 0.574. The minimum atomic E-state index is 0.559. The first kappa shape index (κ1) is 12.9. The van der Waals surface area contributed by atoms with Gasteiger partial charge >= 0.3 is 0 Å². The van der Waals surface area contributed by atoms with Crippen LogP contribution in [-0.4, -0.2) is 11.5 Å². The second-order valence-corrected chi connectivity index (χ2v) is 4.45. The Kier molecular flexibility index (Phi) is 4.18. The van der Waals surface area contributed by atoms with Crippen molar-refractivity contribution in [1.29, 1.82) is 0 Å². The van der Waals surface area contributed by atoms with Crippen molar-refractivity contribution in [1.82, 2.24) is 4.98 Å². The Morgan fingerprint density at radius 2 is 2.17 bits per heavy atom. The second kappa shape index (κ2) is 5.85. The van der Waals surface area contributed by atoms with Crippen LogP contribution < -0.4 is 10.5 Å². The topological polar surface area (TPSA) is 48.1 Å². The number of pyridine rings is 1. The summed E-state index contributed by atoms with van der Waals surface area (Å²) < 4.78 is 5.78. The molecule has 2 rings (SSSR count). The van der Waals surface area contributed by atoms with Crippen LogP contribution in [0, 0.1) is 6.92 Å². The van der Waals surface area contributed by atoms with Gasteiger partial charge in [0.1, 0.15) is 5.75 Å². The predicted molar refractivity (Wildman–Crippen MR) is 73.3 cm³/mol. The Morgan fingerprint density at radius 1 is 1.33 bits per heavy atom. The van der Waals surface area contributed by atoms with Gasteiger partial charge in [-0.25, -0.2) is 4.98 Å². The number of hydrogen-bond acceptors (Lipinski definition) is 3. The van der Waals surface area contributed by atoms with Gasteiger partial charge in [-0.3, -0.25) is 0 Å². The fourth-order valence-corrected chi connectivity index (χ4v) is 1.81. The maximum atomic E-state index is 6.10. The van der Waals surface area contributed by atoms with Crippen molar-refractivity contribution in [2.75, 3.05) is 6.54 Å². The quantitative estimate of drug-likeness (QED) is 0.919. The first-order valence-electron chi connectivity index (χ1n) is 5.78. The summed E-state index contributed by atoms with van der Waals surface area (Å²) in [4.78, 5) is 4.23. The van der Waals surface area contributed by atoms with E-state index >= 15 is 0 Å². The average Bonchev–Trinajstić information content (AvgIpc) is 2.36. The number of nitrogens with zero attached hydrogens (tertiary/aromatic N) is 1. The number of halogens is 1. The van der Waals surface area contributed by atoms with Crippen LogP contribution in [0.15, 0.2) is 36.5 Å². The number of benzene rings is 1. The third-order valence-corrected chi connectivity index (χ3v) is 2.87. The summed E-state index contributed by atoms with van der Waals surface area (Å²) in [6.45, 7) is 2.55. The van der Waals surface area contributed by atoms with Crippen LogP contribution >= 0.6 is 11.6 Å². The summed E-state index contributed by atoms with van der Waals surface area (Å²) in [5.74, 6) is 1.18. The standard InChI is InChI=1S/C14H15ClN2O/c1-10-4-5-12(15)13(9-10)18-14-11(6-7-16)3-2-8-17-14/h2-5,8-9H,6-7,16H2,1H3. The number of hydrogen-bond donors (Lipinski definition) is 1. The third kappa shape index (κ3) is 3.00. The largest absolute Gasteiger partial charge is 0.437 e. The predicted octanol–water partition coefficient (Wildman–Crippen LogP) is 3.34. The highest BCUT2D eigenvalue weighted by Gasteiger charge is 2.08. The molecule has 0 aliphatic carbocycles. The zero-order valence-electron chi connectivity index (χ0n) is 10.2. The first-order valence-corrected chi connectivity index (χ1v) is 6.16. The molecule has 0 aliphatic heterocycles. The SMILES string of the molecule is Cc1ccc(Cl)c(Oc2ncccc2CCN)c1. The van der Waals surface area contributed by atoms with Gasteiger partial charge in [0.25, 0.3) is 0 Å². The fraction of sp³-hybridized carbons (Fsp3) is 0.214. The number of rotatable bonds is 4. The third-order valence-electron chi connectivity index (χ3n) is 2.56. The van der Waals surface area contributed by atoms with Gasteiger partial charge in [-0.15, -0.1) is 0 Å². The highest BCUT2D eigenvalue weighted by molar-refractivity contribution is 6.32. The minimum Gasteiger partial charge on any atom is -0.437 e. The van der Waals surface area contributed by atoms with E-state index in [9.17, 15) is 0 Å². The number of ether oxygens (including phenoxy) is 1. The molecule has 0 spiro atoms. The zero-order valence-corrected chi connectivity index (χ0v) is 10.9. The average molecular weight is 263 g/mol. The Labute approximate surface area is 112 Å². The van der Waals surface area contributed by atoms with Crippen LogP contribution in [0.1, 0.15) is 11.1 Å². The highest BCUT2D eigenvalue weighted by Crippen LogP contribution is 2.30. The normalized spacial score (nSPS) is 10.4. The Hall–Kier alpha value is -1.58. The molecule has 4 heteroatoms. The smallest absolute Gasteiger partial charge is 0.222 e. The molecule has 0 saturated heterocycles. The minimum absolute atomic E-state index is 0.559. The van der Waals surface area contributed by atoms with E-state index in [-0.39, 0.29) is 0 Å². The monoisotopic (exact) mass is 262 g/mol. The molecule has 2 aromatic rings. The molecule has 0 fully saturated rings. The lowest BCUT2D eigenvalue weighted by molar-refractivity contribution is 0.456. The van der Waals surface area contributed by atoms with Crippen molar-refractivity contribution in [2.24, 2.45) is 5.73 Å². The summed E-state index contributed by atoms with van der Waals surface area (Å²) in [5.41, 5.74) is 7.64. The van der Waals surface area contributed by atoms with E-state index in [2.05, 4.69) is 4.98 Å². The van der Waals surface area contributed by atoms with Gasteiger partial charge < -0.3 is 10.5 Å². The molecule has 94 valence electrons. The van der Waals surface area contributed by atoms with E-state index in [0.717, 1.165) is 17.5 Å². The van der Waals surface area contributed by atoms with Crippen LogP contribution in [0.25, 0.3) is 0 Å². The summed E-state index contributed by atoms with van der Waals surface area (Å²) in [6.07, 6.45) is 2.42. The Balaban J connectivity index is 2.30. The Bertz CT molecular complexity index is 543. The zero-order chi connectivity index (χ0) is 13.0. The van der Waals surface area contributed by atoms with Crippen LogP contribution in [0.3, 0.4) is 0 Å². The molecule has 0 bridgehead atoms. The number of aryl methyl sites for hydroxylation is 1. The molecule has 0 unspecified atom stereocenters. The maximum Gasteiger partial charge on any atom is 0.222 e. The van der Waals surface area contributed by atoms with Gasteiger partial charge in [-0.05, 0) is 43.7 Å². The summed E-state index contributed by atoms with van der Waals surface area (Å²) in [7, 11) is 0. The lowest BCUT2D eigenvalue weighted by atomic mass is 10.2. The van der Waals surface area contributed by atoms with Gasteiger partial charge in [0.15, 0.2) is 0 Å². The molecule has 0 atom stereocenters. The Morgan fingerprint density at radius 3 is 2.94 bits per heavy atom. The molecule has 0 saturated carbocycles. The molecule has 18 heavy (non-hydrogen) atoms. The molecule has 2 N–H and O–H groups in total.